The molecule has 0 amide bonds. The normalized spacial score (nSPS) is 57.4. The predicted octanol–water partition coefficient (Wildman–Crippen LogP) is 4.40. The smallest absolute Gasteiger partial charge is 0.0622 e. The molecule has 0 bridgehead atoms. The van der Waals surface area contributed by atoms with Crippen LogP contribution in [0.2, 0.25) is 0 Å². The van der Waals surface area contributed by atoms with Crippen molar-refractivity contribution in [2.24, 2.45) is 52.3 Å². The SMILES string of the molecule is CC1COC1CC[C@@H](C)[C@H]1CC[C@H]2[C@@H]3[C@H](O)C[C@@H]4C[C@H](O)CC[C@]4(C)[C@H]3C[C@H](O)[C@]12C. The molecule has 4 aliphatic carbocycles. The molecule has 31 heavy (non-hydrogen) atoms. The highest BCUT2D eigenvalue weighted by molar-refractivity contribution is 5.14. The number of rotatable bonds is 4. The molecule has 3 N–H and O–H groups in total. The second-order valence-corrected chi connectivity index (χ2v) is 12.9. The first-order valence-corrected chi connectivity index (χ1v) is 13.3. The first-order valence-electron chi connectivity index (χ1n) is 13.3. The van der Waals surface area contributed by atoms with Crippen LogP contribution in [0.25, 0.3) is 0 Å². The summed E-state index contributed by atoms with van der Waals surface area (Å²) in [6.07, 6.45) is 8.78. The Morgan fingerprint density at radius 2 is 1.77 bits per heavy atom. The molecule has 5 rings (SSSR count). The number of fused-ring (bicyclic) bond motifs is 5. The molecule has 1 aliphatic heterocycles. The highest BCUT2D eigenvalue weighted by Gasteiger charge is 2.65. The number of ether oxygens (including phenoxy) is 1. The Bertz CT molecular complexity index is 668. The molecule has 0 spiro atoms. The summed E-state index contributed by atoms with van der Waals surface area (Å²) in [5.41, 5.74) is 0.0812. The molecule has 178 valence electrons. The van der Waals surface area contributed by atoms with Crippen molar-refractivity contribution < 1.29 is 20.1 Å². The van der Waals surface area contributed by atoms with Crippen molar-refractivity contribution in [3.63, 3.8) is 0 Å². The van der Waals surface area contributed by atoms with Gasteiger partial charge in [0, 0.05) is 5.92 Å². The topological polar surface area (TPSA) is 69.9 Å². The number of hydrogen-bond acceptors (Lipinski definition) is 4. The monoisotopic (exact) mass is 434 g/mol. The zero-order valence-electron chi connectivity index (χ0n) is 20.2. The van der Waals surface area contributed by atoms with Crippen LogP contribution >= 0.6 is 0 Å². The van der Waals surface area contributed by atoms with E-state index in [1.165, 1.54) is 12.8 Å². The summed E-state index contributed by atoms with van der Waals surface area (Å²) in [6.45, 7) is 10.4. The molecule has 1 saturated heterocycles. The Hall–Kier alpha value is -0.160. The fourth-order valence-corrected chi connectivity index (χ4v) is 9.55. The van der Waals surface area contributed by atoms with Gasteiger partial charge in [-0.2, -0.15) is 0 Å². The summed E-state index contributed by atoms with van der Waals surface area (Å²) in [4.78, 5) is 0. The second-order valence-electron chi connectivity index (χ2n) is 12.9. The molecule has 13 atom stereocenters. The van der Waals surface area contributed by atoms with E-state index in [4.69, 9.17) is 4.74 Å². The van der Waals surface area contributed by atoms with Crippen LogP contribution in [0.5, 0.6) is 0 Å². The predicted molar refractivity (Wildman–Crippen MR) is 121 cm³/mol. The van der Waals surface area contributed by atoms with Crippen molar-refractivity contribution in [1.82, 2.24) is 0 Å². The van der Waals surface area contributed by atoms with Gasteiger partial charge in [-0.3, -0.25) is 0 Å². The standard InChI is InChI=1S/C27H46O4/c1-15(5-8-23-16(2)14-31-23)19-6-7-20-25-21(13-24(30)27(19,20)4)26(3)10-9-18(28)11-17(26)12-22(25)29/h15-25,28-30H,5-14H2,1-4H3/t15-,16?,17+,18-,19-,20+,21+,22-,23?,24+,25+,26+,27-/m1/s1. The van der Waals surface area contributed by atoms with E-state index in [0.717, 1.165) is 51.6 Å². The lowest BCUT2D eigenvalue weighted by Gasteiger charge is -2.63. The van der Waals surface area contributed by atoms with Crippen LogP contribution in [-0.4, -0.2) is 46.3 Å². The van der Waals surface area contributed by atoms with Gasteiger partial charge < -0.3 is 20.1 Å². The van der Waals surface area contributed by atoms with Gasteiger partial charge >= 0.3 is 0 Å². The molecule has 4 heteroatoms. The van der Waals surface area contributed by atoms with Crippen molar-refractivity contribution in [1.29, 1.82) is 0 Å². The van der Waals surface area contributed by atoms with Crippen molar-refractivity contribution in [3.05, 3.63) is 0 Å². The van der Waals surface area contributed by atoms with Gasteiger partial charge in [0.05, 0.1) is 31.0 Å². The molecule has 4 nitrogen and oxygen atoms in total. The van der Waals surface area contributed by atoms with Gasteiger partial charge in [0.25, 0.3) is 0 Å². The maximum absolute atomic E-state index is 11.7. The molecule has 5 fully saturated rings. The maximum Gasteiger partial charge on any atom is 0.0622 e. The van der Waals surface area contributed by atoms with Crippen LogP contribution in [0.15, 0.2) is 0 Å². The second kappa shape index (κ2) is 7.96. The zero-order chi connectivity index (χ0) is 22.1. The van der Waals surface area contributed by atoms with E-state index in [9.17, 15) is 15.3 Å². The molecule has 1 heterocycles. The molecular formula is C27H46O4. The van der Waals surface area contributed by atoms with Crippen molar-refractivity contribution in [3.8, 4) is 0 Å². The average Bonchev–Trinajstić information content (AvgIpc) is 3.07. The average molecular weight is 435 g/mol. The van der Waals surface area contributed by atoms with E-state index in [1.54, 1.807) is 0 Å². The summed E-state index contributed by atoms with van der Waals surface area (Å²) >= 11 is 0. The minimum atomic E-state index is -0.276. The summed E-state index contributed by atoms with van der Waals surface area (Å²) in [7, 11) is 0. The van der Waals surface area contributed by atoms with Crippen LogP contribution in [0.4, 0.5) is 0 Å². The molecule has 2 unspecified atom stereocenters. The molecule has 0 radical (unpaired) electrons. The Labute approximate surface area is 189 Å². The van der Waals surface area contributed by atoms with Crippen LogP contribution in [0.3, 0.4) is 0 Å². The highest BCUT2D eigenvalue weighted by atomic mass is 16.5. The Balaban J connectivity index is 1.36. The van der Waals surface area contributed by atoms with Crippen LogP contribution < -0.4 is 0 Å². The summed E-state index contributed by atoms with van der Waals surface area (Å²) < 4.78 is 5.76. The molecule has 4 saturated carbocycles. The lowest BCUT2D eigenvalue weighted by atomic mass is 9.43. The zero-order valence-corrected chi connectivity index (χ0v) is 20.2. The van der Waals surface area contributed by atoms with Crippen molar-refractivity contribution in [2.45, 2.75) is 110 Å². The lowest BCUT2D eigenvalue weighted by Crippen LogP contribution is -2.62. The highest BCUT2D eigenvalue weighted by Crippen LogP contribution is 2.68. The minimum Gasteiger partial charge on any atom is -0.393 e. The van der Waals surface area contributed by atoms with Gasteiger partial charge in [0.2, 0.25) is 0 Å². The van der Waals surface area contributed by atoms with Crippen LogP contribution in [0, 0.1) is 52.3 Å². The quantitative estimate of drug-likeness (QED) is 0.613. The van der Waals surface area contributed by atoms with E-state index in [1.807, 2.05) is 0 Å². The van der Waals surface area contributed by atoms with E-state index >= 15 is 0 Å². The van der Waals surface area contributed by atoms with E-state index in [0.29, 0.717) is 47.5 Å². The van der Waals surface area contributed by atoms with E-state index < -0.39 is 0 Å². The number of aliphatic hydroxyl groups is 3. The van der Waals surface area contributed by atoms with Gasteiger partial charge in [-0.25, -0.2) is 0 Å². The Morgan fingerprint density at radius 3 is 2.45 bits per heavy atom. The molecule has 0 aromatic carbocycles. The van der Waals surface area contributed by atoms with E-state index in [-0.39, 0.29) is 29.1 Å². The largest absolute Gasteiger partial charge is 0.393 e. The van der Waals surface area contributed by atoms with Gasteiger partial charge in [0.1, 0.15) is 0 Å². The number of hydrogen-bond donors (Lipinski definition) is 3. The summed E-state index contributed by atoms with van der Waals surface area (Å²) in [6, 6.07) is 0. The molecule has 0 aromatic heterocycles. The lowest BCUT2D eigenvalue weighted by molar-refractivity contribution is -0.207. The molecular weight excluding hydrogens is 388 g/mol. The molecule has 0 aromatic rings. The fraction of sp³-hybridized carbons (Fsp3) is 1.00. The Kier molecular flexibility index (Phi) is 5.81. The van der Waals surface area contributed by atoms with Gasteiger partial charge in [0.15, 0.2) is 0 Å². The number of aliphatic hydroxyl groups excluding tert-OH is 3. The summed E-state index contributed by atoms with van der Waals surface area (Å²) in [5.74, 6) is 3.34. The van der Waals surface area contributed by atoms with Gasteiger partial charge in [-0.05, 0) is 104 Å². The van der Waals surface area contributed by atoms with Crippen LogP contribution in [0.1, 0.15) is 85.5 Å². The first-order chi connectivity index (χ1) is 14.7. The van der Waals surface area contributed by atoms with Crippen LogP contribution in [-0.2, 0) is 4.74 Å². The van der Waals surface area contributed by atoms with E-state index in [2.05, 4.69) is 27.7 Å². The minimum absolute atomic E-state index is 0.0783. The third kappa shape index (κ3) is 3.37. The third-order valence-corrected chi connectivity index (χ3v) is 11.6. The first kappa shape index (κ1) is 22.6. The van der Waals surface area contributed by atoms with Gasteiger partial charge in [-0.1, -0.05) is 27.7 Å². The van der Waals surface area contributed by atoms with Crippen molar-refractivity contribution in [2.75, 3.05) is 6.61 Å². The molecule has 5 aliphatic rings. The Morgan fingerprint density at radius 1 is 1.00 bits per heavy atom. The maximum atomic E-state index is 11.7. The third-order valence-electron chi connectivity index (χ3n) is 11.6. The van der Waals surface area contributed by atoms with Crippen molar-refractivity contribution >= 4 is 0 Å². The fourth-order valence-electron chi connectivity index (χ4n) is 9.55. The van der Waals surface area contributed by atoms with Gasteiger partial charge in [-0.15, -0.1) is 0 Å². The summed E-state index contributed by atoms with van der Waals surface area (Å²) in [5, 5.41) is 33.3.